The molecule has 0 unspecified atom stereocenters. The highest BCUT2D eigenvalue weighted by Crippen LogP contribution is 2.35. The molecule has 23 heavy (non-hydrogen) atoms. The molecule has 0 spiro atoms. The van der Waals surface area contributed by atoms with E-state index in [9.17, 15) is 4.79 Å². The molecule has 0 N–H and O–H groups in total. The van der Waals surface area contributed by atoms with E-state index in [-0.39, 0.29) is 5.78 Å². The highest BCUT2D eigenvalue weighted by molar-refractivity contribution is 9.10. The Morgan fingerprint density at radius 1 is 0.913 bits per heavy atom. The van der Waals surface area contributed by atoms with E-state index in [0.717, 1.165) is 10.0 Å². The molecule has 0 aliphatic heterocycles. The topological polar surface area (TPSA) is 44.8 Å². The van der Waals surface area contributed by atoms with E-state index in [2.05, 4.69) is 15.9 Å². The third kappa shape index (κ3) is 4.13. The summed E-state index contributed by atoms with van der Waals surface area (Å²) in [5.74, 6) is 1.65. The average molecular weight is 377 g/mol. The van der Waals surface area contributed by atoms with Crippen molar-refractivity contribution < 1.29 is 19.0 Å². The van der Waals surface area contributed by atoms with Gasteiger partial charge in [-0.05, 0) is 42.5 Å². The van der Waals surface area contributed by atoms with Crippen molar-refractivity contribution >= 4 is 27.8 Å². The Morgan fingerprint density at radius 2 is 1.48 bits per heavy atom. The zero-order valence-electron chi connectivity index (χ0n) is 13.1. The summed E-state index contributed by atoms with van der Waals surface area (Å²) in [7, 11) is 4.68. The molecule has 0 amide bonds. The first-order valence-corrected chi connectivity index (χ1v) is 7.66. The molecular weight excluding hydrogens is 360 g/mol. The number of rotatable bonds is 6. The highest BCUT2D eigenvalue weighted by Gasteiger charge is 2.10. The summed E-state index contributed by atoms with van der Waals surface area (Å²) in [4.78, 5) is 12.2. The SMILES string of the molecule is COc1cc(OC)c(OC)cc1/C=C/C(=O)c1ccc(Br)cc1. The van der Waals surface area contributed by atoms with Crippen LogP contribution in [0.1, 0.15) is 15.9 Å². The van der Waals surface area contributed by atoms with Crippen LogP contribution in [0, 0.1) is 0 Å². The number of ketones is 1. The Bertz CT molecular complexity index is 721. The molecule has 0 atom stereocenters. The van der Waals surface area contributed by atoms with Gasteiger partial charge < -0.3 is 14.2 Å². The lowest BCUT2D eigenvalue weighted by Crippen LogP contribution is -1.96. The predicted molar refractivity (Wildman–Crippen MR) is 93.6 cm³/mol. The molecule has 5 heteroatoms. The zero-order chi connectivity index (χ0) is 16.8. The lowest BCUT2D eigenvalue weighted by molar-refractivity contribution is 0.104. The smallest absolute Gasteiger partial charge is 0.185 e. The molecule has 120 valence electrons. The van der Waals surface area contributed by atoms with Crippen LogP contribution in [0.15, 0.2) is 46.9 Å². The fourth-order valence-corrected chi connectivity index (χ4v) is 2.32. The fraction of sp³-hybridized carbons (Fsp3) is 0.167. The summed E-state index contributed by atoms with van der Waals surface area (Å²) in [6.07, 6.45) is 3.21. The molecule has 0 bridgehead atoms. The van der Waals surface area contributed by atoms with E-state index in [0.29, 0.717) is 22.8 Å². The number of methoxy groups -OCH3 is 3. The first kappa shape index (κ1) is 17.1. The van der Waals surface area contributed by atoms with Gasteiger partial charge in [-0.1, -0.05) is 15.9 Å². The Morgan fingerprint density at radius 3 is 2.04 bits per heavy atom. The van der Waals surface area contributed by atoms with Gasteiger partial charge in [-0.15, -0.1) is 0 Å². The van der Waals surface area contributed by atoms with Crippen LogP contribution in [-0.2, 0) is 0 Å². The molecule has 2 aromatic rings. The first-order valence-electron chi connectivity index (χ1n) is 6.87. The molecule has 0 saturated carbocycles. The van der Waals surface area contributed by atoms with Crippen molar-refractivity contribution in [1.82, 2.24) is 0 Å². The van der Waals surface area contributed by atoms with Crippen LogP contribution in [0.3, 0.4) is 0 Å². The standard InChI is InChI=1S/C18H17BrO4/c1-21-16-11-18(23-3)17(22-2)10-13(16)6-9-15(20)12-4-7-14(19)8-5-12/h4-11H,1-3H3/b9-6+. The summed E-state index contributed by atoms with van der Waals surface area (Å²) >= 11 is 3.35. The van der Waals surface area contributed by atoms with Crippen molar-refractivity contribution in [2.75, 3.05) is 21.3 Å². The van der Waals surface area contributed by atoms with Gasteiger partial charge in [0.2, 0.25) is 0 Å². The summed E-state index contributed by atoms with van der Waals surface area (Å²) in [5.41, 5.74) is 1.35. The van der Waals surface area contributed by atoms with Gasteiger partial charge in [0.1, 0.15) is 5.75 Å². The normalized spacial score (nSPS) is 10.6. The number of hydrogen-bond donors (Lipinski definition) is 0. The average Bonchev–Trinajstić information content (AvgIpc) is 2.59. The van der Waals surface area contributed by atoms with Crippen LogP contribution in [0.2, 0.25) is 0 Å². The molecule has 0 heterocycles. The van der Waals surface area contributed by atoms with Crippen molar-refractivity contribution in [3.05, 3.63) is 58.1 Å². The number of allylic oxidation sites excluding steroid dienone is 1. The van der Waals surface area contributed by atoms with Gasteiger partial charge in [0.05, 0.1) is 21.3 Å². The summed E-state index contributed by atoms with van der Waals surface area (Å²) in [6, 6.07) is 10.7. The summed E-state index contributed by atoms with van der Waals surface area (Å²) < 4.78 is 16.8. The van der Waals surface area contributed by atoms with Gasteiger partial charge in [0.15, 0.2) is 17.3 Å². The highest BCUT2D eigenvalue weighted by atomic mass is 79.9. The Labute approximate surface area is 143 Å². The van der Waals surface area contributed by atoms with Gasteiger partial charge in [0.25, 0.3) is 0 Å². The van der Waals surface area contributed by atoms with Gasteiger partial charge in [-0.3, -0.25) is 4.79 Å². The molecule has 0 aliphatic rings. The molecule has 2 rings (SSSR count). The molecule has 0 saturated heterocycles. The van der Waals surface area contributed by atoms with E-state index < -0.39 is 0 Å². The summed E-state index contributed by atoms with van der Waals surface area (Å²) in [5, 5.41) is 0. The van der Waals surface area contributed by atoms with Crippen LogP contribution in [0.25, 0.3) is 6.08 Å². The monoisotopic (exact) mass is 376 g/mol. The number of halogens is 1. The lowest BCUT2D eigenvalue weighted by Gasteiger charge is -2.12. The van der Waals surface area contributed by atoms with Crippen molar-refractivity contribution in [2.45, 2.75) is 0 Å². The second-order valence-electron chi connectivity index (χ2n) is 4.65. The number of carbonyl (C=O) groups excluding carboxylic acids is 1. The van der Waals surface area contributed by atoms with Crippen LogP contribution >= 0.6 is 15.9 Å². The predicted octanol–water partition coefficient (Wildman–Crippen LogP) is 4.37. The largest absolute Gasteiger partial charge is 0.496 e. The van der Waals surface area contributed by atoms with Crippen molar-refractivity contribution in [2.24, 2.45) is 0 Å². The minimum absolute atomic E-state index is 0.0886. The van der Waals surface area contributed by atoms with Gasteiger partial charge in [-0.25, -0.2) is 0 Å². The van der Waals surface area contributed by atoms with Crippen molar-refractivity contribution in [1.29, 1.82) is 0 Å². The number of carbonyl (C=O) groups is 1. The van der Waals surface area contributed by atoms with E-state index in [4.69, 9.17) is 14.2 Å². The van der Waals surface area contributed by atoms with E-state index in [1.807, 2.05) is 12.1 Å². The molecule has 2 aromatic carbocycles. The fourth-order valence-electron chi connectivity index (χ4n) is 2.06. The number of ether oxygens (including phenoxy) is 3. The lowest BCUT2D eigenvalue weighted by atomic mass is 10.1. The van der Waals surface area contributed by atoms with E-state index in [1.54, 1.807) is 51.7 Å². The second kappa shape index (κ2) is 7.83. The third-order valence-corrected chi connectivity index (χ3v) is 3.81. The molecular formula is C18H17BrO4. The van der Waals surface area contributed by atoms with Gasteiger partial charge in [-0.2, -0.15) is 0 Å². The zero-order valence-corrected chi connectivity index (χ0v) is 14.7. The van der Waals surface area contributed by atoms with Crippen molar-refractivity contribution in [3.63, 3.8) is 0 Å². The van der Waals surface area contributed by atoms with Crippen LogP contribution in [-0.4, -0.2) is 27.1 Å². The number of hydrogen-bond acceptors (Lipinski definition) is 4. The third-order valence-electron chi connectivity index (χ3n) is 3.28. The first-order chi connectivity index (χ1) is 11.1. The molecule has 4 nitrogen and oxygen atoms in total. The second-order valence-corrected chi connectivity index (χ2v) is 5.57. The number of benzene rings is 2. The molecule has 0 radical (unpaired) electrons. The molecule has 0 aromatic heterocycles. The van der Waals surface area contributed by atoms with E-state index in [1.165, 1.54) is 6.08 Å². The molecule has 0 aliphatic carbocycles. The Kier molecular flexibility index (Phi) is 5.82. The van der Waals surface area contributed by atoms with Crippen molar-refractivity contribution in [3.8, 4) is 17.2 Å². The quantitative estimate of drug-likeness (QED) is 0.554. The van der Waals surface area contributed by atoms with Crippen LogP contribution in [0.5, 0.6) is 17.2 Å². The maximum absolute atomic E-state index is 12.2. The van der Waals surface area contributed by atoms with Gasteiger partial charge >= 0.3 is 0 Å². The maximum Gasteiger partial charge on any atom is 0.185 e. The minimum Gasteiger partial charge on any atom is -0.496 e. The Hall–Kier alpha value is -2.27. The minimum atomic E-state index is -0.0886. The molecule has 0 fully saturated rings. The van der Waals surface area contributed by atoms with E-state index >= 15 is 0 Å². The Balaban J connectivity index is 2.30. The maximum atomic E-state index is 12.2. The van der Waals surface area contributed by atoms with Gasteiger partial charge in [0, 0.05) is 21.7 Å². The summed E-state index contributed by atoms with van der Waals surface area (Å²) in [6.45, 7) is 0. The van der Waals surface area contributed by atoms with Crippen LogP contribution < -0.4 is 14.2 Å². The van der Waals surface area contributed by atoms with Crippen LogP contribution in [0.4, 0.5) is 0 Å².